The van der Waals surface area contributed by atoms with E-state index in [4.69, 9.17) is 10.5 Å². The summed E-state index contributed by atoms with van der Waals surface area (Å²) in [6.45, 7) is -0.155. The Hall–Kier alpha value is -1.76. The molecule has 0 aliphatic heterocycles. The molecule has 1 heterocycles. The molecular weight excluding hydrogens is 234 g/mol. The summed E-state index contributed by atoms with van der Waals surface area (Å²) >= 11 is 0. The number of carbonyl (C=O) groups is 1. The molecule has 0 fully saturated rings. The number of pyridine rings is 1. The summed E-state index contributed by atoms with van der Waals surface area (Å²) in [5, 5.41) is 0. The number of nitrogens with zero attached hydrogens (tertiary/aromatic N) is 1. The first kappa shape index (κ1) is 13.3. The van der Waals surface area contributed by atoms with Crippen LogP contribution in [0.5, 0.6) is 5.75 Å². The molecule has 2 N–H and O–H groups in total. The van der Waals surface area contributed by atoms with Crippen molar-refractivity contribution < 1.29 is 23.0 Å². The van der Waals surface area contributed by atoms with Gasteiger partial charge in [-0.1, -0.05) is 0 Å². The van der Waals surface area contributed by atoms with Crippen molar-refractivity contribution in [1.29, 1.82) is 0 Å². The molecule has 0 aliphatic rings. The van der Waals surface area contributed by atoms with Crippen LogP contribution in [-0.2, 0) is 11.3 Å². The zero-order chi connectivity index (χ0) is 13.0. The largest absolute Gasteiger partial charge is 0.496 e. The lowest BCUT2D eigenvalue weighted by atomic mass is 10.1. The van der Waals surface area contributed by atoms with Crippen LogP contribution in [0.3, 0.4) is 0 Å². The van der Waals surface area contributed by atoms with Crippen LogP contribution in [0.2, 0.25) is 0 Å². The van der Waals surface area contributed by atoms with E-state index in [0.29, 0.717) is 0 Å². The van der Waals surface area contributed by atoms with Gasteiger partial charge in [-0.3, -0.25) is 0 Å². The van der Waals surface area contributed by atoms with Crippen molar-refractivity contribution in [3.63, 3.8) is 0 Å². The van der Waals surface area contributed by atoms with Crippen LogP contribution >= 0.6 is 0 Å². The molecule has 17 heavy (non-hydrogen) atoms. The Labute approximate surface area is 96.5 Å². The van der Waals surface area contributed by atoms with Crippen LogP contribution in [0.15, 0.2) is 6.07 Å². The molecule has 0 bridgehead atoms. The van der Waals surface area contributed by atoms with Crippen molar-refractivity contribution in [2.45, 2.75) is 13.0 Å². The van der Waals surface area contributed by atoms with Gasteiger partial charge in [0.05, 0.1) is 14.2 Å². The second-order valence-corrected chi connectivity index (χ2v) is 3.07. The number of aromatic nitrogens is 1. The predicted molar refractivity (Wildman–Crippen MR) is 55.0 cm³/mol. The van der Waals surface area contributed by atoms with E-state index in [-0.39, 0.29) is 23.6 Å². The standard InChI is InChI=1S/C10H12F2N2O3/c1-16-7-3-6(10(15)17-2)14-8(9(11)12)5(7)4-13/h3,9H,4,13H2,1-2H3. The van der Waals surface area contributed by atoms with E-state index >= 15 is 0 Å². The molecule has 0 aromatic carbocycles. The van der Waals surface area contributed by atoms with Crippen LogP contribution in [0, 0.1) is 0 Å². The number of alkyl halides is 2. The minimum Gasteiger partial charge on any atom is -0.496 e. The molecule has 0 unspecified atom stereocenters. The number of hydrogen-bond donors (Lipinski definition) is 1. The Morgan fingerprint density at radius 3 is 2.59 bits per heavy atom. The number of methoxy groups -OCH3 is 2. The average Bonchev–Trinajstić information content (AvgIpc) is 2.35. The quantitative estimate of drug-likeness (QED) is 0.810. The summed E-state index contributed by atoms with van der Waals surface area (Å²) in [7, 11) is 2.43. The Bertz CT molecular complexity index is 424. The highest BCUT2D eigenvalue weighted by Crippen LogP contribution is 2.29. The second kappa shape index (κ2) is 5.53. The van der Waals surface area contributed by atoms with Gasteiger partial charge in [-0.25, -0.2) is 18.6 Å². The lowest BCUT2D eigenvalue weighted by Gasteiger charge is -2.12. The molecule has 1 rings (SSSR count). The van der Waals surface area contributed by atoms with Crippen molar-refractivity contribution >= 4 is 5.97 Å². The molecule has 1 aromatic heterocycles. The van der Waals surface area contributed by atoms with Gasteiger partial charge in [0.15, 0.2) is 5.69 Å². The molecule has 94 valence electrons. The van der Waals surface area contributed by atoms with Crippen molar-refractivity contribution in [1.82, 2.24) is 4.98 Å². The fourth-order valence-electron chi connectivity index (χ4n) is 1.34. The number of halogens is 2. The first-order valence-electron chi connectivity index (χ1n) is 4.69. The minimum atomic E-state index is -2.84. The summed E-state index contributed by atoms with van der Waals surface area (Å²) in [5.74, 6) is -0.716. The lowest BCUT2D eigenvalue weighted by molar-refractivity contribution is 0.0591. The third-order valence-electron chi connectivity index (χ3n) is 2.14. The van der Waals surface area contributed by atoms with Gasteiger partial charge in [0.25, 0.3) is 6.43 Å². The van der Waals surface area contributed by atoms with Gasteiger partial charge in [0.2, 0.25) is 0 Å². The van der Waals surface area contributed by atoms with E-state index in [9.17, 15) is 13.6 Å². The van der Waals surface area contributed by atoms with Gasteiger partial charge in [0, 0.05) is 18.2 Å². The van der Waals surface area contributed by atoms with Gasteiger partial charge < -0.3 is 15.2 Å². The third kappa shape index (κ3) is 2.68. The molecule has 0 aliphatic carbocycles. The highest BCUT2D eigenvalue weighted by Gasteiger charge is 2.22. The highest BCUT2D eigenvalue weighted by atomic mass is 19.3. The highest BCUT2D eigenvalue weighted by molar-refractivity contribution is 5.87. The lowest BCUT2D eigenvalue weighted by Crippen LogP contribution is -2.12. The van der Waals surface area contributed by atoms with Gasteiger partial charge in [0.1, 0.15) is 11.4 Å². The molecule has 0 atom stereocenters. The first-order valence-corrected chi connectivity index (χ1v) is 4.69. The summed E-state index contributed by atoms with van der Waals surface area (Å²) < 4.78 is 34.8. The molecule has 0 saturated carbocycles. The molecular formula is C10H12F2N2O3. The van der Waals surface area contributed by atoms with Crippen LogP contribution in [-0.4, -0.2) is 25.2 Å². The molecule has 0 saturated heterocycles. The van der Waals surface area contributed by atoms with Crippen LogP contribution in [0.4, 0.5) is 8.78 Å². The van der Waals surface area contributed by atoms with Crippen molar-refractivity contribution in [3.8, 4) is 5.75 Å². The maximum Gasteiger partial charge on any atom is 0.356 e. The predicted octanol–water partition coefficient (Wildman–Crippen LogP) is 1.27. The Morgan fingerprint density at radius 2 is 2.18 bits per heavy atom. The summed E-state index contributed by atoms with van der Waals surface area (Å²) in [6, 6.07) is 1.22. The molecule has 0 amide bonds. The average molecular weight is 246 g/mol. The van der Waals surface area contributed by atoms with E-state index < -0.39 is 18.1 Å². The van der Waals surface area contributed by atoms with Crippen molar-refractivity contribution in [2.75, 3.05) is 14.2 Å². The first-order chi connectivity index (χ1) is 8.04. The molecule has 1 aromatic rings. The monoisotopic (exact) mass is 246 g/mol. The zero-order valence-corrected chi connectivity index (χ0v) is 9.37. The van der Waals surface area contributed by atoms with Crippen molar-refractivity contribution in [3.05, 3.63) is 23.0 Å². The number of ether oxygens (including phenoxy) is 2. The fourth-order valence-corrected chi connectivity index (χ4v) is 1.34. The maximum atomic E-state index is 12.8. The molecule has 5 nitrogen and oxygen atoms in total. The Morgan fingerprint density at radius 1 is 1.53 bits per heavy atom. The normalized spacial score (nSPS) is 10.5. The number of rotatable bonds is 4. The molecule has 7 heteroatoms. The zero-order valence-electron chi connectivity index (χ0n) is 9.37. The number of esters is 1. The van der Waals surface area contributed by atoms with Crippen LogP contribution < -0.4 is 10.5 Å². The summed E-state index contributed by atoms with van der Waals surface area (Å²) in [5.41, 5.74) is 4.63. The van der Waals surface area contributed by atoms with Gasteiger partial charge in [-0.05, 0) is 0 Å². The van der Waals surface area contributed by atoms with Crippen LogP contribution in [0.25, 0.3) is 0 Å². The topological polar surface area (TPSA) is 74.4 Å². The maximum absolute atomic E-state index is 12.8. The Balaban J connectivity index is 3.40. The number of nitrogens with two attached hydrogens (primary N) is 1. The van der Waals surface area contributed by atoms with E-state index in [0.717, 1.165) is 7.11 Å². The van der Waals surface area contributed by atoms with Gasteiger partial charge in [-0.2, -0.15) is 0 Å². The van der Waals surface area contributed by atoms with Gasteiger partial charge in [-0.15, -0.1) is 0 Å². The smallest absolute Gasteiger partial charge is 0.356 e. The van der Waals surface area contributed by atoms with E-state index in [1.54, 1.807) is 0 Å². The summed E-state index contributed by atoms with van der Waals surface area (Å²) in [6.07, 6.45) is -2.84. The molecule has 0 radical (unpaired) electrons. The van der Waals surface area contributed by atoms with E-state index in [1.165, 1.54) is 13.2 Å². The van der Waals surface area contributed by atoms with Crippen LogP contribution in [0.1, 0.15) is 28.2 Å². The molecule has 0 spiro atoms. The van der Waals surface area contributed by atoms with Crippen molar-refractivity contribution in [2.24, 2.45) is 5.73 Å². The SMILES string of the molecule is COC(=O)c1cc(OC)c(CN)c(C(F)F)n1. The number of carbonyl (C=O) groups excluding carboxylic acids is 1. The van der Waals surface area contributed by atoms with E-state index in [1.807, 2.05) is 0 Å². The second-order valence-electron chi connectivity index (χ2n) is 3.07. The Kier molecular flexibility index (Phi) is 4.33. The summed E-state index contributed by atoms with van der Waals surface area (Å²) in [4.78, 5) is 14.8. The van der Waals surface area contributed by atoms with E-state index in [2.05, 4.69) is 9.72 Å². The minimum absolute atomic E-state index is 0.0788. The fraction of sp³-hybridized carbons (Fsp3) is 0.400. The number of hydrogen-bond acceptors (Lipinski definition) is 5. The third-order valence-corrected chi connectivity index (χ3v) is 2.14. The van der Waals surface area contributed by atoms with Gasteiger partial charge >= 0.3 is 5.97 Å².